The van der Waals surface area contributed by atoms with Crippen molar-refractivity contribution >= 4 is 26.0 Å². The molecule has 1 rings (SSSR count). The van der Waals surface area contributed by atoms with Crippen LogP contribution in [-0.4, -0.2) is 20.1 Å². The van der Waals surface area contributed by atoms with Gasteiger partial charge in [-0.2, -0.15) is 0 Å². The Labute approximate surface area is 116 Å². The zero-order valence-electron chi connectivity index (χ0n) is 10.7. The quantitative estimate of drug-likeness (QED) is 0.862. The molecule has 18 heavy (non-hydrogen) atoms. The van der Waals surface area contributed by atoms with E-state index in [9.17, 15) is 8.42 Å². The van der Waals surface area contributed by atoms with Crippen LogP contribution in [0.2, 0.25) is 0 Å². The second kappa shape index (κ2) is 5.73. The molecule has 0 atom stereocenters. The molecule has 1 aromatic rings. The van der Waals surface area contributed by atoms with Crippen molar-refractivity contribution in [1.82, 2.24) is 4.72 Å². The molecule has 0 aliphatic carbocycles. The average molecular weight is 340 g/mol. The van der Waals surface area contributed by atoms with E-state index < -0.39 is 10.0 Å². The summed E-state index contributed by atoms with van der Waals surface area (Å²) in [5.41, 5.74) is 0.0619. The molecule has 0 saturated heterocycles. The molecule has 5 nitrogen and oxygen atoms in total. The number of aliphatic hydroxyl groups excluding tert-OH is 1. The van der Waals surface area contributed by atoms with Crippen LogP contribution in [0.1, 0.15) is 33.0 Å². The number of furan rings is 1. The fourth-order valence-electron chi connectivity index (χ4n) is 1.30. The number of hydrogen-bond donors (Lipinski definition) is 2. The van der Waals surface area contributed by atoms with Crippen LogP contribution in [0.3, 0.4) is 0 Å². The first-order valence-electron chi connectivity index (χ1n) is 5.54. The second-order valence-corrected chi connectivity index (χ2v) is 7.67. The lowest BCUT2D eigenvalue weighted by molar-refractivity contribution is 0.245. The normalized spacial score (nSPS) is 12.9. The van der Waals surface area contributed by atoms with Gasteiger partial charge in [0.15, 0.2) is 4.67 Å². The average Bonchev–Trinajstić information content (AvgIpc) is 2.58. The summed E-state index contributed by atoms with van der Waals surface area (Å²) in [4.78, 5) is 0.0143. The Morgan fingerprint density at radius 3 is 2.50 bits per heavy atom. The largest absolute Gasteiger partial charge is 0.450 e. The smallest absolute Gasteiger partial charge is 0.244 e. The molecule has 0 aliphatic heterocycles. The summed E-state index contributed by atoms with van der Waals surface area (Å²) < 4.78 is 31.6. The maximum atomic E-state index is 12.0. The monoisotopic (exact) mass is 339 g/mol. The van der Waals surface area contributed by atoms with E-state index in [1.54, 1.807) is 0 Å². The molecule has 104 valence electrons. The van der Waals surface area contributed by atoms with Crippen molar-refractivity contribution in [1.29, 1.82) is 0 Å². The molecule has 1 heterocycles. The van der Waals surface area contributed by atoms with Crippen molar-refractivity contribution in [3.63, 3.8) is 0 Å². The molecule has 0 unspecified atom stereocenters. The summed E-state index contributed by atoms with van der Waals surface area (Å²) >= 11 is 3.03. The third-order valence-corrected chi connectivity index (χ3v) is 4.64. The highest BCUT2D eigenvalue weighted by atomic mass is 79.9. The van der Waals surface area contributed by atoms with E-state index in [4.69, 9.17) is 9.52 Å². The highest BCUT2D eigenvalue weighted by Gasteiger charge is 2.22. The molecule has 0 saturated carbocycles. The molecular weight excluding hydrogens is 322 g/mol. The van der Waals surface area contributed by atoms with Crippen LogP contribution >= 0.6 is 15.9 Å². The van der Waals surface area contributed by atoms with Gasteiger partial charge in [0, 0.05) is 12.6 Å². The van der Waals surface area contributed by atoms with Crippen LogP contribution in [0.4, 0.5) is 0 Å². The van der Waals surface area contributed by atoms with E-state index in [1.165, 1.54) is 6.07 Å². The minimum absolute atomic E-state index is 0.0143. The van der Waals surface area contributed by atoms with Gasteiger partial charge in [-0.25, -0.2) is 13.1 Å². The molecule has 7 heteroatoms. The third-order valence-electron chi connectivity index (χ3n) is 2.32. The summed E-state index contributed by atoms with van der Waals surface area (Å²) in [7, 11) is -3.60. The highest BCUT2D eigenvalue weighted by molar-refractivity contribution is 9.10. The maximum Gasteiger partial charge on any atom is 0.244 e. The van der Waals surface area contributed by atoms with Gasteiger partial charge in [-0.15, -0.1) is 0 Å². The van der Waals surface area contributed by atoms with Crippen molar-refractivity contribution in [2.24, 2.45) is 5.41 Å². The van der Waals surface area contributed by atoms with Gasteiger partial charge in [0.25, 0.3) is 0 Å². The third kappa shape index (κ3) is 4.38. The van der Waals surface area contributed by atoms with Gasteiger partial charge in [-0.1, -0.05) is 20.8 Å². The molecular formula is C11H18BrNO4S. The SMILES string of the molecule is CC(C)(C)CCNS(=O)(=O)c1cc(CO)oc1Br. The molecule has 0 fully saturated rings. The lowest BCUT2D eigenvalue weighted by Crippen LogP contribution is -2.27. The van der Waals surface area contributed by atoms with Crippen molar-refractivity contribution in [2.75, 3.05) is 6.54 Å². The topological polar surface area (TPSA) is 79.5 Å². The van der Waals surface area contributed by atoms with Gasteiger partial charge in [0.2, 0.25) is 10.0 Å². The van der Waals surface area contributed by atoms with E-state index in [0.717, 1.165) is 6.42 Å². The Balaban J connectivity index is 2.77. The molecule has 0 aromatic carbocycles. The van der Waals surface area contributed by atoms with Gasteiger partial charge in [0.05, 0.1) is 0 Å². The van der Waals surface area contributed by atoms with E-state index in [1.807, 2.05) is 20.8 Å². The number of halogens is 1. The van der Waals surface area contributed by atoms with E-state index in [-0.39, 0.29) is 27.3 Å². The number of sulfonamides is 1. The standard InChI is InChI=1S/C11H18BrNO4S/c1-11(2,3)4-5-13-18(15,16)9-6-8(7-14)17-10(9)12/h6,13-14H,4-5,7H2,1-3H3. The van der Waals surface area contributed by atoms with Crippen LogP contribution < -0.4 is 4.72 Å². The van der Waals surface area contributed by atoms with Gasteiger partial charge in [0.1, 0.15) is 17.3 Å². The molecule has 0 radical (unpaired) electrons. The molecule has 2 N–H and O–H groups in total. The predicted molar refractivity (Wildman–Crippen MR) is 71.6 cm³/mol. The highest BCUT2D eigenvalue weighted by Crippen LogP contribution is 2.26. The van der Waals surface area contributed by atoms with Crippen LogP contribution in [-0.2, 0) is 16.6 Å². The summed E-state index contributed by atoms with van der Waals surface area (Å²) in [6.07, 6.45) is 0.731. The summed E-state index contributed by atoms with van der Waals surface area (Å²) in [5.74, 6) is 0.207. The van der Waals surface area contributed by atoms with Crippen molar-refractivity contribution in [3.05, 3.63) is 16.5 Å². The Bertz CT molecular complexity index is 502. The van der Waals surface area contributed by atoms with Crippen LogP contribution in [0.15, 0.2) is 20.0 Å². The zero-order valence-corrected chi connectivity index (χ0v) is 13.1. The van der Waals surface area contributed by atoms with Crippen LogP contribution in [0.5, 0.6) is 0 Å². The lowest BCUT2D eigenvalue weighted by Gasteiger charge is -2.17. The van der Waals surface area contributed by atoms with Crippen LogP contribution in [0, 0.1) is 5.41 Å². The van der Waals surface area contributed by atoms with E-state index in [0.29, 0.717) is 6.54 Å². The minimum atomic E-state index is -3.60. The molecule has 1 aromatic heterocycles. The van der Waals surface area contributed by atoms with E-state index in [2.05, 4.69) is 20.7 Å². The molecule has 0 aliphatic rings. The molecule has 0 amide bonds. The van der Waals surface area contributed by atoms with Gasteiger partial charge in [-0.05, 0) is 27.8 Å². The van der Waals surface area contributed by atoms with Crippen LogP contribution in [0.25, 0.3) is 0 Å². The number of nitrogens with one attached hydrogen (secondary N) is 1. The summed E-state index contributed by atoms with van der Waals surface area (Å²) in [5, 5.41) is 8.89. The van der Waals surface area contributed by atoms with Crippen molar-refractivity contribution < 1.29 is 17.9 Å². The zero-order chi connectivity index (χ0) is 14.0. The fraction of sp³-hybridized carbons (Fsp3) is 0.636. The molecule has 0 bridgehead atoms. The van der Waals surface area contributed by atoms with Crippen molar-refractivity contribution in [3.8, 4) is 0 Å². The van der Waals surface area contributed by atoms with Crippen molar-refractivity contribution in [2.45, 2.75) is 38.7 Å². The molecule has 0 spiro atoms. The fourth-order valence-corrected chi connectivity index (χ4v) is 3.32. The van der Waals surface area contributed by atoms with E-state index >= 15 is 0 Å². The Morgan fingerprint density at radius 1 is 1.44 bits per heavy atom. The Hall–Kier alpha value is -0.370. The summed E-state index contributed by atoms with van der Waals surface area (Å²) in [6, 6.07) is 1.31. The minimum Gasteiger partial charge on any atom is -0.450 e. The Kier molecular flexibility index (Phi) is 4.99. The van der Waals surface area contributed by atoms with Gasteiger partial charge < -0.3 is 9.52 Å². The Morgan fingerprint density at radius 2 is 2.06 bits per heavy atom. The van der Waals surface area contributed by atoms with Gasteiger partial charge >= 0.3 is 0 Å². The lowest BCUT2D eigenvalue weighted by atomic mass is 9.93. The number of hydrogen-bond acceptors (Lipinski definition) is 4. The maximum absolute atomic E-state index is 12.0. The van der Waals surface area contributed by atoms with Gasteiger partial charge in [-0.3, -0.25) is 0 Å². The predicted octanol–water partition coefficient (Wildman–Crippen LogP) is 2.25. The summed E-state index contributed by atoms with van der Waals surface area (Å²) in [6.45, 7) is 6.14. The first kappa shape index (κ1) is 15.7. The first-order chi connectivity index (χ1) is 8.15. The number of aliphatic hydroxyl groups is 1. The first-order valence-corrected chi connectivity index (χ1v) is 7.82. The second-order valence-electron chi connectivity index (χ2n) is 5.22. The number of rotatable bonds is 5.